The molecule has 1 amide bonds. The Morgan fingerprint density at radius 2 is 2.14 bits per heavy atom. The number of rotatable bonds is 4. The van der Waals surface area contributed by atoms with Crippen molar-refractivity contribution in [1.29, 1.82) is 0 Å². The molecule has 21 heavy (non-hydrogen) atoms. The number of carbonyl (C=O) groups excluding carboxylic acids is 1. The normalized spacial score (nSPS) is 18.8. The van der Waals surface area contributed by atoms with Gasteiger partial charge in [-0.25, -0.2) is 5.84 Å². The molecule has 0 aliphatic carbocycles. The number of nitrogen functional groups attached to an aromatic ring is 1. The first-order valence-electron chi connectivity index (χ1n) is 7.12. The molecule has 1 fully saturated rings. The summed E-state index contributed by atoms with van der Waals surface area (Å²) in [5.41, 5.74) is 4.38. The maximum atomic E-state index is 11.6. The quantitative estimate of drug-likeness (QED) is 0.511. The highest BCUT2D eigenvalue weighted by molar-refractivity contribution is 5.92. The van der Waals surface area contributed by atoms with Crippen LogP contribution in [-0.2, 0) is 6.54 Å². The predicted molar refractivity (Wildman–Crippen MR) is 79.4 cm³/mol. The van der Waals surface area contributed by atoms with Crippen LogP contribution < -0.4 is 11.3 Å². The average Bonchev–Trinajstić information content (AvgIpc) is 3.17. The van der Waals surface area contributed by atoms with Gasteiger partial charge in [-0.1, -0.05) is 30.3 Å². The molecular formula is C16H19N3O2. The van der Waals surface area contributed by atoms with Gasteiger partial charge >= 0.3 is 5.91 Å². The van der Waals surface area contributed by atoms with Crippen LogP contribution in [0.15, 0.2) is 47.1 Å². The zero-order valence-corrected chi connectivity index (χ0v) is 11.8. The van der Waals surface area contributed by atoms with E-state index in [-0.39, 0.29) is 5.91 Å². The number of nitrogens with zero attached hydrogens (tertiary/aromatic N) is 1. The Labute approximate surface area is 123 Å². The largest absolute Gasteiger partial charge is 0.459 e. The topological polar surface area (TPSA) is 71.5 Å². The molecule has 3 N–H and O–H groups in total. The number of amides is 1. The van der Waals surface area contributed by atoms with E-state index in [9.17, 15) is 4.79 Å². The number of benzene rings is 1. The Morgan fingerprint density at radius 3 is 2.90 bits per heavy atom. The molecule has 1 unspecified atom stereocenters. The van der Waals surface area contributed by atoms with Crippen LogP contribution in [0.5, 0.6) is 0 Å². The predicted octanol–water partition coefficient (Wildman–Crippen LogP) is 1.87. The molecule has 1 atom stereocenters. The first-order valence-corrected chi connectivity index (χ1v) is 7.12. The second-order valence-electron chi connectivity index (χ2n) is 5.38. The van der Waals surface area contributed by atoms with Gasteiger partial charge in [0.25, 0.3) is 0 Å². The Morgan fingerprint density at radius 1 is 1.33 bits per heavy atom. The van der Waals surface area contributed by atoms with E-state index < -0.39 is 0 Å². The van der Waals surface area contributed by atoms with E-state index in [0.717, 1.165) is 25.1 Å². The summed E-state index contributed by atoms with van der Waals surface area (Å²) >= 11 is 0. The summed E-state index contributed by atoms with van der Waals surface area (Å²) in [6.07, 6.45) is 2.67. The smallest absolute Gasteiger partial charge is 0.301 e. The third-order valence-electron chi connectivity index (χ3n) is 4.02. The molecule has 5 heteroatoms. The molecule has 0 radical (unpaired) electrons. The monoisotopic (exact) mass is 285 g/mol. The summed E-state index contributed by atoms with van der Waals surface area (Å²) in [5, 5.41) is 0. The third-order valence-corrected chi connectivity index (χ3v) is 4.02. The number of hydrazine groups is 1. The van der Waals surface area contributed by atoms with Crippen molar-refractivity contribution in [2.24, 2.45) is 5.84 Å². The van der Waals surface area contributed by atoms with Crippen molar-refractivity contribution >= 4 is 5.91 Å². The van der Waals surface area contributed by atoms with Crippen molar-refractivity contribution in [2.45, 2.75) is 18.9 Å². The third kappa shape index (κ3) is 2.99. The van der Waals surface area contributed by atoms with E-state index in [4.69, 9.17) is 10.3 Å². The maximum absolute atomic E-state index is 11.6. The van der Waals surface area contributed by atoms with Crippen LogP contribution in [0.4, 0.5) is 0 Å². The summed E-state index contributed by atoms with van der Waals surface area (Å²) in [6.45, 7) is 2.73. The summed E-state index contributed by atoms with van der Waals surface area (Å²) < 4.78 is 5.22. The molecule has 110 valence electrons. The summed E-state index contributed by atoms with van der Waals surface area (Å²) in [5.74, 6) is 5.65. The minimum atomic E-state index is -0.381. The van der Waals surface area contributed by atoms with Gasteiger partial charge in [0.1, 0.15) is 0 Å². The molecule has 1 aliphatic heterocycles. The number of carbonyl (C=O) groups is 1. The van der Waals surface area contributed by atoms with Crippen LogP contribution in [0.3, 0.4) is 0 Å². The molecule has 0 saturated carbocycles. The van der Waals surface area contributed by atoms with Gasteiger partial charge in [-0.3, -0.25) is 15.1 Å². The van der Waals surface area contributed by atoms with Crippen molar-refractivity contribution < 1.29 is 9.21 Å². The Hall–Kier alpha value is -2.11. The molecule has 1 aliphatic rings. The second kappa shape index (κ2) is 6.11. The number of likely N-dealkylation sites (tertiary alicyclic amines) is 1. The minimum absolute atomic E-state index is 0.306. The Bertz CT molecular complexity index is 609. The first-order chi connectivity index (χ1) is 10.3. The van der Waals surface area contributed by atoms with Crippen LogP contribution in [0, 0.1) is 0 Å². The lowest BCUT2D eigenvalue weighted by Crippen LogP contribution is -2.31. The van der Waals surface area contributed by atoms with Crippen LogP contribution in [0.1, 0.15) is 34.0 Å². The molecule has 2 heterocycles. The van der Waals surface area contributed by atoms with Crippen LogP contribution in [-0.4, -0.2) is 23.9 Å². The van der Waals surface area contributed by atoms with Crippen LogP contribution in [0.25, 0.3) is 0 Å². The number of nitrogens with one attached hydrogen (secondary N) is 1. The van der Waals surface area contributed by atoms with E-state index in [1.54, 1.807) is 0 Å². The van der Waals surface area contributed by atoms with E-state index >= 15 is 0 Å². The van der Waals surface area contributed by atoms with Crippen molar-refractivity contribution in [3.63, 3.8) is 0 Å². The fourth-order valence-corrected chi connectivity index (χ4v) is 2.94. The lowest BCUT2D eigenvalue weighted by molar-refractivity contribution is 0.0923. The van der Waals surface area contributed by atoms with Gasteiger partial charge in [0.15, 0.2) is 5.76 Å². The lowest BCUT2D eigenvalue weighted by Gasteiger charge is -2.16. The molecule has 1 aromatic carbocycles. The number of furan rings is 1. The molecular weight excluding hydrogens is 266 g/mol. The molecule has 1 saturated heterocycles. The Kier molecular flexibility index (Phi) is 4.03. The summed E-state index contributed by atoms with van der Waals surface area (Å²) in [4.78, 5) is 13.9. The van der Waals surface area contributed by atoms with Crippen molar-refractivity contribution in [2.75, 3.05) is 13.1 Å². The summed E-state index contributed by atoms with van der Waals surface area (Å²) in [6, 6.07) is 12.4. The minimum Gasteiger partial charge on any atom is -0.459 e. The summed E-state index contributed by atoms with van der Waals surface area (Å²) in [7, 11) is 0. The molecule has 2 aromatic rings. The van der Waals surface area contributed by atoms with Crippen LogP contribution >= 0.6 is 0 Å². The fourth-order valence-electron chi connectivity index (χ4n) is 2.94. The number of hydrogen-bond acceptors (Lipinski definition) is 4. The molecule has 5 nitrogen and oxygen atoms in total. The van der Waals surface area contributed by atoms with Crippen molar-refractivity contribution in [1.82, 2.24) is 10.3 Å². The lowest BCUT2D eigenvalue weighted by atomic mass is 9.99. The maximum Gasteiger partial charge on any atom is 0.301 e. The van der Waals surface area contributed by atoms with Gasteiger partial charge in [0.2, 0.25) is 0 Å². The van der Waals surface area contributed by atoms with Gasteiger partial charge in [-0.2, -0.15) is 0 Å². The molecule has 0 bridgehead atoms. The Balaban J connectivity index is 1.65. The molecule has 1 aromatic heterocycles. The standard InChI is InChI=1S/C16H19N3O2/c17-18-16(20)15-14(7-9-21-15)11-19-8-6-13(10-19)12-4-2-1-3-5-12/h1-5,7,9,13H,6,8,10-11,17H2,(H,18,20). The highest BCUT2D eigenvalue weighted by Crippen LogP contribution is 2.28. The van der Waals surface area contributed by atoms with E-state index in [0.29, 0.717) is 18.2 Å². The number of hydrogen-bond donors (Lipinski definition) is 2. The van der Waals surface area contributed by atoms with Gasteiger partial charge in [-0.15, -0.1) is 0 Å². The molecule has 3 rings (SSSR count). The van der Waals surface area contributed by atoms with Crippen LogP contribution in [0.2, 0.25) is 0 Å². The zero-order valence-electron chi connectivity index (χ0n) is 11.8. The van der Waals surface area contributed by atoms with E-state index in [1.807, 2.05) is 12.1 Å². The fraction of sp³-hybridized carbons (Fsp3) is 0.312. The zero-order chi connectivity index (χ0) is 14.7. The van der Waals surface area contributed by atoms with Crippen molar-refractivity contribution in [3.05, 3.63) is 59.5 Å². The first kappa shape index (κ1) is 13.9. The van der Waals surface area contributed by atoms with Crippen molar-refractivity contribution in [3.8, 4) is 0 Å². The van der Waals surface area contributed by atoms with Gasteiger partial charge in [-0.05, 0) is 30.5 Å². The van der Waals surface area contributed by atoms with E-state index in [1.165, 1.54) is 11.8 Å². The SMILES string of the molecule is NNC(=O)c1occc1CN1CCC(c2ccccc2)C1. The van der Waals surface area contributed by atoms with E-state index in [2.05, 4.69) is 34.6 Å². The van der Waals surface area contributed by atoms with Gasteiger partial charge < -0.3 is 4.42 Å². The van der Waals surface area contributed by atoms with Gasteiger partial charge in [0, 0.05) is 18.7 Å². The highest BCUT2D eigenvalue weighted by atomic mass is 16.3. The molecule has 0 spiro atoms. The average molecular weight is 285 g/mol. The number of nitrogens with two attached hydrogens (primary N) is 1. The highest BCUT2D eigenvalue weighted by Gasteiger charge is 2.25. The second-order valence-corrected chi connectivity index (χ2v) is 5.38. The van der Waals surface area contributed by atoms with Gasteiger partial charge in [0.05, 0.1) is 6.26 Å².